The van der Waals surface area contributed by atoms with Crippen molar-refractivity contribution in [3.63, 3.8) is 0 Å². The Labute approximate surface area is 108 Å². The number of hydrogen-bond donors (Lipinski definition) is 5. The predicted molar refractivity (Wildman–Crippen MR) is 64.0 cm³/mol. The maximum absolute atomic E-state index is 11.4. The summed E-state index contributed by atoms with van der Waals surface area (Å²) in [7, 11) is -9.13. The van der Waals surface area contributed by atoms with Crippen LogP contribution >= 0.6 is 15.2 Å². The first-order valence-electron chi connectivity index (χ1n) is 5.00. The Hall–Kier alpha value is -0.600. The number of nitrogens with zero attached hydrogens (tertiary/aromatic N) is 1. The van der Waals surface area contributed by atoms with Crippen LogP contribution in [0.2, 0.25) is 0 Å². The van der Waals surface area contributed by atoms with Gasteiger partial charge < -0.3 is 25.3 Å². The van der Waals surface area contributed by atoms with Gasteiger partial charge in [-0.3, -0.25) is 23.6 Å². The molecule has 0 rings (SSSR count). The van der Waals surface area contributed by atoms with Crippen molar-refractivity contribution in [3.05, 3.63) is 0 Å². The van der Waals surface area contributed by atoms with E-state index in [0.29, 0.717) is 4.90 Å². The minimum absolute atomic E-state index is 0.238. The molecule has 0 aromatic carbocycles. The van der Waals surface area contributed by atoms with Crippen molar-refractivity contribution in [3.8, 4) is 0 Å². The zero-order chi connectivity index (χ0) is 15.3. The number of amides is 1. The fraction of sp³-hybridized carbons (Fsp3) is 0.714. The Balaban J connectivity index is 4.58. The largest absolute Gasteiger partial charge is 0.370 e. The first-order valence-corrected chi connectivity index (χ1v) is 8.60. The van der Waals surface area contributed by atoms with Gasteiger partial charge in [-0.15, -0.1) is 0 Å². The highest BCUT2D eigenvalue weighted by molar-refractivity contribution is 7.52. The molecule has 1 amide bonds. The Kier molecular flexibility index (Phi) is 7.02. The molecule has 0 aliphatic heterocycles. The van der Waals surface area contributed by atoms with Crippen molar-refractivity contribution in [1.29, 1.82) is 0 Å². The van der Waals surface area contributed by atoms with E-state index in [2.05, 4.69) is 0 Å². The lowest BCUT2D eigenvalue weighted by molar-refractivity contribution is -0.124. The van der Waals surface area contributed by atoms with Crippen LogP contribution < -0.4 is 5.73 Å². The lowest BCUT2D eigenvalue weighted by Gasteiger charge is -2.22. The fourth-order valence-electron chi connectivity index (χ4n) is 1.26. The van der Waals surface area contributed by atoms with Crippen LogP contribution in [-0.4, -0.2) is 55.3 Å². The number of carbonyl (C=O) groups excluding carboxylic acids is 2. The third-order valence-electron chi connectivity index (χ3n) is 1.82. The van der Waals surface area contributed by atoms with Crippen LogP contribution in [-0.2, 0) is 18.7 Å². The van der Waals surface area contributed by atoms with Crippen molar-refractivity contribution >= 4 is 26.9 Å². The van der Waals surface area contributed by atoms with Gasteiger partial charge in [0.2, 0.25) is 5.91 Å². The quantitative estimate of drug-likeness (QED) is 0.313. The maximum atomic E-state index is 11.4. The van der Waals surface area contributed by atoms with Gasteiger partial charge in [0.05, 0.1) is 6.54 Å². The van der Waals surface area contributed by atoms with E-state index in [1.165, 1.54) is 0 Å². The average molecular weight is 318 g/mol. The van der Waals surface area contributed by atoms with E-state index < -0.39 is 46.0 Å². The molecule has 0 aromatic heterocycles. The summed E-state index contributed by atoms with van der Waals surface area (Å²) in [5.74, 6) is -1.31. The predicted octanol–water partition coefficient (Wildman–Crippen LogP) is -1.61. The van der Waals surface area contributed by atoms with E-state index in [9.17, 15) is 18.7 Å². The van der Waals surface area contributed by atoms with Gasteiger partial charge in [0, 0.05) is 12.8 Å². The standard InChI is InChI=1S/C7H16N2O8P2/c8-7(11)2-1-6(10)3-9(4-18(12,13)14)5-19(15,16)17/h1-5H2,(H2,8,11)(H2,12,13,14)(H2,15,16,17). The molecule has 0 atom stereocenters. The summed E-state index contributed by atoms with van der Waals surface area (Å²) in [6.07, 6.45) is -2.41. The van der Waals surface area contributed by atoms with Crippen LogP contribution in [0.5, 0.6) is 0 Å². The van der Waals surface area contributed by atoms with Crippen LogP contribution in [0.1, 0.15) is 12.8 Å². The summed E-state index contributed by atoms with van der Waals surface area (Å²) in [5, 5.41) is 0. The number of rotatable bonds is 9. The van der Waals surface area contributed by atoms with Gasteiger partial charge in [-0.1, -0.05) is 0 Å². The second-order valence-electron chi connectivity index (χ2n) is 3.95. The highest BCUT2D eigenvalue weighted by Gasteiger charge is 2.27. The van der Waals surface area contributed by atoms with Crippen molar-refractivity contribution in [2.24, 2.45) is 5.73 Å². The normalized spacial score (nSPS) is 12.7. The van der Waals surface area contributed by atoms with E-state index in [1.54, 1.807) is 0 Å². The zero-order valence-electron chi connectivity index (χ0n) is 9.88. The van der Waals surface area contributed by atoms with Crippen LogP contribution in [0.4, 0.5) is 0 Å². The third-order valence-corrected chi connectivity index (χ3v) is 3.36. The molecule has 0 heterocycles. The number of Topliss-reactive ketones (excluding diaryl/α,β-unsaturated/α-hetero) is 1. The molecule has 0 saturated carbocycles. The lowest BCUT2D eigenvalue weighted by atomic mass is 10.2. The van der Waals surface area contributed by atoms with E-state index in [0.717, 1.165) is 0 Å². The molecule has 0 bridgehead atoms. The summed E-state index contributed by atoms with van der Waals surface area (Å²) in [4.78, 5) is 57.5. The number of primary amides is 1. The van der Waals surface area contributed by atoms with Crippen molar-refractivity contribution < 1.29 is 38.3 Å². The number of ketones is 1. The van der Waals surface area contributed by atoms with Gasteiger partial charge in [-0.2, -0.15) is 0 Å². The summed E-state index contributed by atoms with van der Waals surface area (Å²) in [6.45, 7) is -0.580. The van der Waals surface area contributed by atoms with Gasteiger partial charge in [0.15, 0.2) is 0 Å². The van der Waals surface area contributed by atoms with Gasteiger partial charge >= 0.3 is 15.2 Å². The molecule has 0 aromatic rings. The number of hydrogen-bond acceptors (Lipinski definition) is 5. The van der Waals surface area contributed by atoms with Crippen molar-refractivity contribution in [2.45, 2.75) is 12.8 Å². The summed E-state index contributed by atoms with van der Waals surface area (Å²) < 4.78 is 21.6. The lowest BCUT2D eigenvalue weighted by Crippen LogP contribution is -2.32. The minimum Gasteiger partial charge on any atom is -0.370 e. The zero-order valence-corrected chi connectivity index (χ0v) is 11.7. The maximum Gasteiger partial charge on any atom is 0.339 e. The third kappa shape index (κ3) is 12.2. The van der Waals surface area contributed by atoms with Gasteiger partial charge in [0.25, 0.3) is 0 Å². The van der Waals surface area contributed by atoms with Crippen LogP contribution in [0.3, 0.4) is 0 Å². The molecule has 0 fully saturated rings. The van der Waals surface area contributed by atoms with Crippen molar-refractivity contribution in [2.75, 3.05) is 19.1 Å². The van der Waals surface area contributed by atoms with Gasteiger partial charge in [0.1, 0.15) is 18.4 Å². The summed E-state index contributed by atoms with van der Waals surface area (Å²) >= 11 is 0. The fourth-order valence-corrected chi connectivity index (χ4v) is 2.86. The first-order chi connectivity index (χ1) is 8.39. The Morgan fingerprint density at radius 1 is 0.947 bits per heavy atom. The Morgan fingerprint density at radius 3 is 1.68 bits per heavy atom. The second kappa shape index (κ2) is 7.25. The molecule has 10 nitrogen and oxygen atoms in total. The molecule has 19 heavy (non-hydrogen) atoms. The van der Waals surface area contributed by atoms with Crippen LogP contribution in [0.25, 0.3) is 0 Å². The molecule has 0 unspecified atom stereocenters. The van der Waals surface area contributed by atoms with E-state index in [-0.39, 0.29) is 12.8 Å². The Bertz CT molecular complexity index is 403. The minimum atomic E-state index is -4.56. The van der Waals surface area contributed by atoms with E-state index in [1.807, 2.05) is 0 Å². The molecule has 0 spiro atoms. The molecule has 0 radical (unpaired) electrons. The van der Waals surface area contributed by atoms with Crippen molar-refractivity contribution in [1.82, 2.24) is 4.90 Å². The monoisotopic (exact) mass is 318 g/mol. The molecule has 0 aliphatic rings. The van der Waals surface area contributed by atoms with Gasteiger partial charge in [-0.05, 0) is 0 Å². The Morgan fingerprint density at radius 2 is 1.37 bits per heavy atom. The topological polar surface area (TPSA) is 178 Å². The smallest absolute Gasteiger partial charge is 0.339 e. The highest BCUT2D eigenvalue weighted by Crippen LogP contribution is 2.40. The summed E-state index contributed by atoms with van der Waals surface area (Å²) in [5.41, 5.74) is 4.82. The average Bonchev–Trinajstić information content (AvgIpc) is 2.08. The molecular weight excluding hydrogens is 302 g/mol. The van der Waals surface area contributed by atoms with Crippen LogP contribution in [0.15, 0.2) is 0 Å². The molecular formula is C7H16N2O8P2. The molecule has 12 heteroatoms. The SMILES string of the molecule is NC(=O)CCC(=O)CN(CP(=O)(O)O)CP(=O)(O)O. The summed E-state index contributed by atoms with van der Waals surface area (Å²) in [6, 6.07) is 0. The van der Waals surface area contributed by atoms with E-state index in [4.69, 9.17) is 25.3 Å². The molecule has 6 N–H and O–H groups in total. The first kappa shape index (κ1) is 18.4. The highest BCUT2D eigenvalue weighted by atomic mass is 31.2. The number of nitrogens with two attached hydrogens (primary N) is 1. The molecule has 112 valence electrons. The van der Waals surface area contributed by atoms with Gasteiger partial charge in [-0.25, -0.2) is 0 Å². The number of carbonyl (C=O) groups is 2. The second-order valence-corrected chi connectivity index (χ2v) is 7.17. The molecule has 0 saturated heterocycles. The van der Waals surface area contributed by atoms with E-state index >= 15 is 0 Å². The molecule has 0 aliphatic carbocycles. The van der Waals surface area contributed by atoms with Crippen LogP contribution in [0, 0.1) is 0 Å².